The highest BCUT2D eigenvalue weighted by molar-refractivity contribution is 6.35. The molecule has 0 atom stereocenters. The molecule has 104 valence electrons. The summed E-state index contributed by atoms with van der Waals surface area (Å²) in [5.41, 5.74) is 1.23. The summed E-state index contributed by atoms with van der Waals surface area (Å²) in [5.74, 6) is 0.00185. The Labute approximate surface area is 123 Å². The van der Waals surface area contributed by atoms with Gasteiger partial charge in [-0.15, -0.1) is 0 Å². The van der Waals surface area contributed by atoms with Crippen LogP contribution in [0.3, 0.4) is 0 Å². The molecule has 0 unspecified atom stereocenters. The van der Waals surface area contributed by atoms with Crippen LogP contribution in [-0.2, 0) is 0 Å². The van der Waals surface area contributed by atoms with Crippen molar-refractivity contribution in [3.05, 3.63) is 41.0 Å². The Balaban J connectivity index is 1.98. The zero-order chi connectivity index (χ0) is 14.1. The monoisotopic (exact) mass is 288 g/mol. The predicted octanol–water partition coefficient (Wildman–Crippen LogP) is 3.90. The van der Waals surface area contributed by atoms with Gasteiger partial charge in [-0.3, -0.25) is 4.79 Å². The van der Waals surface area contributed by atoms with E-state index in [9.17, 15) is 4.79 Å². The maximum absolute atomic E-state index is 12.6. The Morgan fingerprint density at radius 1 is 1.40 bits per heavy atom. The zero-order valence-corrected chi connectivity index (χ0v) is 12.2. The molecule has 0 saturated heterocycles. The second-order valence-corrected chi connectivity index (χ2v) is 5.64. The third kappa shape index (κ3) is 2.50. The minimum absolute atomic E-state index is 0.00185. The van der Waals surface area contributed by atoms with Gasteiger partial charge in [0.1, 0.15) is 5.69 Å². The van der Waals surface area contributed by atoms with Crippen molar-refractivity contribution in [3.8, 4) is 0 Å². The number of aromatic nitrogens is 1. The Morgan fingerprint density at radius 3 is 2.85 bits per heavy atom. The van der Waals surface area contributed by atoms with Gasteiger partial charge in [0.2, 0.25) is 0 Å². The van der Waals surface area contributed by atoms with E-state index in [-0.39, 0.29) is 5.91 Å². The number of hydrogen-bond acceptors (Lipinski definition) is 2. The molecule has 0 N–H and O–H groups in total. The van der Waals surface area contributed by atoms with E-state index in [1.165, 1.54) is 0 Å². The smallest absolute Gasteiger partial charge is 0.272 e. The van der Waals surface area contributed by atoms with E-state index in [2.05, 4.69) is 11.9 Å². The molecule has 1 aliphatic rings. The molecule has 3 nitrogen and oxygen atoms in total. The molecule has 1 aromatic carbocycles. The predicted molar refractivity (Wildman–Crippen MR) is 81.1 cm³/mol. The number of para-hydroxylation sites is 1. The SMILES string of the molecule is CCCN(C(=O)c1cc(Cl)c2ccccc2n1)C1CC1. The Hall–Kier alpha value is -1.61. The molecule has 1 aliphatic carbocycles. The molecular weight excluding hydrogens is 272 g/mol. The van der Waals surface area contributed by atoms with Crippen molar-refractivity contribution in [1.82, 2.24) is 9.88 Å². The van der Waals surface area contributed by atoms with E-state index in [1.807, 2.05) is 29.2 Å². The molecule has 1 fully saturated rings. The number of nitrogens with zero attached hydrogens (tertiary/aromatic N) is 2. The van der Waals surface area contributed by atoms with Crippen LogP contribution in [0.25, 0.3) is 10.9 Å². The number of rotatable bonds is 4. The summed E-state index contributed by atoms with van der Waals surface area (Å²) in [6.45, 7) is 2.87. The quantitative estimate of drug-likeness (QED) is 0.855. The number of halogens is 1. The van der Waals surface area contributed by atoms with Gasteiger partial charge in [0, 0.05) is 18.0 Å². The molecule has 1 amide bonds. The maximum Gasteiger partial charge on any atom is 0.272 e. The van der Waals surface area contributed by atoms with Crippen LogP contribution in [0.15, 0.2) is 30.3 Å². The largest absolute Gasteiger partial charge is 0.334 e. The summed E-state index contributed by atoms with van der Waals surface area (Å²) in [6, 6.07) is 9.73. The fraction of sp³-hybridized carbons (Fsp3) is 0.375. The van der Waals surface area contributed by atoms with Crippen molar-refractivity contribution < 1.29 is 4.79 Å². The van der Waals surface area contributed by atoms with Crippen LogP contribution in [0.1, 0.15) is 36.7 Å². The average molecular weight is 289 g/mol. The first-order chi connectivity index (χ1) is 9.70. The van der Waals surface area contributed by atoms with E-state index in [0.29, 0.717) is 16.8 Å². The molecule has 0 spiro atoms. The van der Waals surface area contributed by atoms with Gasteiger partial charge in [-0.25, -0.2) is 4.98 Å². The summed E-state index contributed by atoms with van der Waals surface area (Å²) >= 11 is 6.27. The van der Waals surface area contributed by atoms with Gasteiger partial charge < -0.3 is 4.90 Å². The fourth-order valence-corrected chi connectivity index (χ4v) is 2.73. The molecule has 1 saturated carbocycles. The standard InChI is InChI=1S/C16H17ClN2O/c1-2-9-19(11-7-8-11)16(20)15-10-13(17)12-5-3-4-6-14(12)18-15/h3-6,10-11H,2,7-9H2,1H3. The summed E-state index contributed by atoms with van der Waals surface area (Å²) in [4.78, 5) is 19.0. The maximum atomic E-state index is 12.6. The minimum Gasteiger partial charge on any atom is -0.334 e. The summed E-state index contributed by atoms with van der Waals surface area (Å²) in [7, 11) is 0. The van der Waals surface area contributed by atoms with Crippen molar-refractivity contribution in [3.63, 3.8) is 0 Å². The molecule has 4 heteroatoms. The van der Waals surface area contributed by atoms with Gasteiger partial charge in [-0.05, 0) is 31.4 Å². The first kappa shape index (κ1) is 13.4. The number of hydrogen-bond donors (Lipinski definition) is 0. The summed E-state index contributed by atoms with van der Waals surface area (Å²) in [5, 5.41) is 1.48. The van der Waals surface area contributed by atoms with E-state index < -0.39 is 0 Å². The van der Waals surface area contributed by atoms with Gasteiger partial charge in [-0.1, -0.05) is 36.7 Å². The molecule has 1 heterocycles. The minimum atomic E-state index is 0.00185. The number of fused-ring (bicyclic) bond motifs is 1. The lowest BCUT2D eigenvalue weighted by Gasteiger charge is -2.21. The van der Waals surface area contributed by atoms with Crippen molar-refractivity contribution in [2.75, 3.05) is 6.54 Å². The number of benzene rings is 1. The highest BCUT2D eigenvalue weighted by atomic mass is 35.5. The van der Waals surface area contributed by atoms with Crippen molar-refractivity contribution >= 4 is 28.4 Å². The van der Waals surface area contributed by atoms with Gasteiger partial charge >= 0.3 is 0 Å². The fourth-order valence-electron chi connectivity index (χ4n) is 2.47. The summed E-state index contributed by atoms with van der Waals surface area (Å²) < 4.78 is 0. The summed E-state index contributed by atoms with van der Waals surface area (Å²) in [6.07, 6.45) is 3.17. The number of amides is 1. The molecule has 2 aromatic rings. The normalized spacial score (nSPS) is 14.5. The van der Waals surface area contributed by atoms with Crippen LogP contribution < -0.4 is 0 Å². The van der Waals surface area contributed by atoms with Crippen LogP contribution >= 0.6 is 11.6 Å². The van der Waals surface area contributed by atoms with Crippen LogP contribution in [0.5, 0.6) is 0 Å². The molecule has 0 radical (unpaired) electrons. The Kier molecular flexibility index (Phi) is 3.62. The second-order valence-electron chi connectivity index (χ2n) is 5.24. The van der Waals surface area contributed by atoms with Crippen LogP contribution in [-0.4, -0.2) is 28.4 Å². The van der Waals surface area contributed by atoms with Gasteiger partial charge in [0.15, 0.2) is 0 Å². The first-order valence-corrected chi connectivity index (χ1v) is 7.44. The highest BCUT2D eigenvalue weighted by Crippen LogP contribution is 2.29. The molecule has 20 heavy (non-hydrogen) atoms. The molecule has 1 aromatic heterocycles. The zero-order valence-electron chi connectivity index (χ0n) is 11.5. The molecule has 0 bridgehead atoms. The van der Waals surface area contributed by atoms with Gasteiger partial charge in [0.05, 0.1) is 10.5 Å². The lowest BCUT2D eigenvalue weighted by molar-refractivity contribution is 0.0737. The topological polar surface area (TPSA) is 33.2 Å². The number of carbonyl (C=O) groups excluding carboxylic acids is 1. The van der Waals surface area contributed by atoms with E-state index in [1.54, 1.807) is 6.07 Å². The van der Waals surface area contributed by atoms with Crippen molar-refractivity contribution in [1.29, 1.82) is 0 Å². The number of carbonyl (C=O) groups is 1. The van der Waals surface area contributed by atoms with Crippen LogP contribution in [0.4, 0.5) is 0 Å². The second kappa shape index (κ2) is 5.41. The van der Waals surface area contributed by atoms with Crippen molar-refractivity contribution in [2.45, 2.75) is 32.2 Å². The van der Waals surface area contributed by atoms with E-state index >= 15 is 0 Å². The highest BCUT2D eigenvalue weighted by Gasteiger charge is 2.33. The first-order valence-electron chi connectivity index (χ1n) is 7.07. The Morgan fingerprint density at radius 2 is 2.15 bits per heavy atom. The van der Waals surface area contributed by atoms with E-state index in [4.69, 9.17) is 11.6 Å². The third-order valence-electron chi connectivity index (χ3n) is 3.60. The molecule has 0 aliphatic heterocycles. The van der Waals surface area contributed by atoms with Crippen molar-refractivity contribution in [2.24, 2.45) is 0 Å². The molecular formula is C16H17ClN2O. The van der Waals surface area contributed by atoms with Gasteiger partial charge in [-0.2, -0.15) is 0 Å². The average Bonchev–Trinajstić information content (AvgIpc) is 3.28. The lowest BCUT2D eigenvalue weighted by Crippen LogP contribution is -2.34. The Bertz CT molecular complexity index is 652. The van der Waals surface area contributed by atoms with Gasteiger partial charge in [0.25, 0.3) is 5.91 Å². The number of pyridine rings is 1. The lowest BCUT2D eigenvalue weighted by atomic mass is 10.2. The molecule has 3 rings (SSSR count). The van der Waals surface area contributed by atoms with Crippen LogP contribution in [0, 0.1) is 0 Å². The van der Waals surface area contributed by atoms with E-state index in [0.717, 1.165) is 36.7 Å². The third-order valence-corrected chi connectivity index (χ3v) is 3.91. The van der Waals surface area contributed by atoms with Crippen LogP contribution in [0.2, 0.25) is 5.02 Å².